The molecule has 0 radical (unpaired) electrons. The number of rotatable bonds is 5. The highest BCUT2D eigenvalue weighted by atomic mass is 16.5. The molecule has 0 amide bonds. The predicted octanol–water partition coefficient (Wildman–Crippen LogP) is 2.93. The topological polar surface area (TPSA) is 47.4 Å². The molecular formula is C19H21N3O2. The number of carbonyl (C=O) groups is 1. The first kappa shape index (κ1) is 16.2. The zero-order chi connectivity index (χ0) is 17.1. The van der Waals surface area contributed by atoms with Gasteiger partial charge in [-0.25, -0.2) is 9.78 Å². The summed E-state index contributed by atoms with van der Waals surface area (Å²) in [4.78, 5) is 18.6. The van der Waals surface area contributed by atoms with Crippen molar-refractivity contribution in [3.8, 4) is 0 Å². The minimum Gasteiger partial charge on any atom is -0.465 e. The zero-order valence-electron chi connectivity index (χ0n) is 14.2. The summed E-state index contributed by atoms with van der Waals surface area (Å²) in [5.41, 5.74) is 3.69. The molecule has 0 saturated heterocycles. The highest BCUT2D eigenvalue weighted by Crippen LogP contribution is 2.19. The fourth-order valence-corrected chi connectivity index (χ4v) is 2.80. The summed E-state index contributed by atoms with van der Waals surface area (Å²) in [6.45, 7) is 1.42. The lowest BCUT2D eigenvalue weighted by molar-refractivity contribution is 0.0600. The number of hydrogen-bond acceptors (Lipinski definition) is 4. The number of imidazole rings is 1. The van der Waals surface area contributed by atoms with Crippen LogP contribution in [0, 0.1) is 0 Å². The van der Waals surface area contributed by atoms with Crippen LogP contribution in [-0.2, 0) is 17.8 Å². The largest absolute Gasteiger partial charge is 0.465 e. The van der Waals surface area contributed by atoms with Gasteiger partial charge in [0.1, 0.15) is 5.82 Å². The van der Waals surface area contributed by atoms with E-state index in [0.29, 0.717) is 12.1 Å². The molecule has 0 atom stereocenters. The quantitative estimate of drug-likeness (QED) is 0.677. The molecule has 1 aromatic heterocycles. The van der Waals surface area contributed by atoms with Crippen LogP contribution in [-0.4, -0.2) is 41.6 Å². The molecule has 24 heavy (non-hydrogen) atoms. The van der Waals surface area contributed by atoms with Crippen molar-refractivity contribution < 1.29 is 9.53 Å². The first-order chi connectivity index (χ1) is 11.6. The third-order valence-electron chi connectivity index (χ3n) is 3.88. The van der Waals surface area contributed by atoms with Crippen LogP contribution in [0.25, 0.3) is 11.0 Å². The van der Waals surface area contributed by atoms with Gasteiger partial charge in [0, 0.05) is 6.54 Å². The molecule has 0 N–H and O–H groups in total. The molecule has 0 unspecified atom stereocenters. The number of ether oxygens (including phenoxy) is 1. The summed E-state index contributed by atoms with van der Waals surface area (Å²) >= 11 is 0. The lowest BCUT2D eigenvalue weighted by Gasteiger charge is -2.13. The highest BCUT2D eigenvalue weighted by molar-refractivity contribution is 5.89. The maximum Gasteiger partial charge on any atom is 0.337 e. The lowest BCUT2D eigenvalue weighted by atomic mass is 10.1. The number of para-hydroxylation sites is 2. The summed E-state index contributed by atoms with van der Waals surface area (Å²) in [5.74, 6) is 0.686. The second kappa shape index (κ2) is 6.84. The lowest BCUT2D eigenvalue weighted by Crippen LogP contribution is -2.16. The average Bonchev–Trinajstić information content (AvgIpc) is 2.91. The van der Waals surface area contributed by atoms with Gasteiger partial charge in [0.2, 0.25) is 0 Å². The second-order valence-electron chi connectivity index (χ2n) is 6.03. The van der Waals surface area contributed by atoms with Gasteiger partial charge in [0.05, 0.1) is 30.3 Å². The number of aromatic nitrogens is 2. The molecule has 124 valence electrons. The van der Waals surface area contributed by atoms with Gasteiger partial charge in [-0.2, -0.15) is 0 Å². The van der Waals surface area contributed by atoms with Crippen LogP contribution >= 0.6 is 0 Å². The normalized spacial score (nSPS) is 11.2. The molecule has 0 aliphatic heterocycles. The molecule has 3 rings (SSSR count). The minimum absolute atomic E-state index is 0.319. The first-order valence-electron chi connectivity index (χ1n) is 7.84. The van der Waals surface area contributed by atoms with Crippen LogP contribution in [0.3, 0.4) is 0 Å². The van der Waals surface area contributed by atoms with E-state index in [1.165, 1.54) is 7.11 Å². The fourth-order valence-electron chi connectivity index (χ4n) is 2.80. The number of fused-ring (bicyclic) bond motifs is 1. The molecule has 0 spiro atoms. The fraction of sp³-hybridized carbons (Fsp3) is 0.263. The van der Waals surface area contributed by atoms with Crippen molar-refractivity contribution in [3.05, 3.63) is 65.5 Å². The Bertz CT molecular complexity index is 868. The van der Waals surface area contributed by atoms with Crippen molar-refractivity contribution in [3.63, 3.8) is 0 Å². The summed E-state index contributed by atoms with van der Waals surface area (Å²) in [5, 5.41) is 0. The van der Waals surface area contributed by atoms with E-state index in [9.17, 15) is 4.79 Å². The van der Waals surface area contributed by atoms with E-state index in [1.807, 2.05) is 50.5 Å². The van der Waals surface area contributed by atoms with Crippen LogP contribution in [0.1, 0.15) is 21.7 Å². The standard InChI is InChI=1S/C19H21N3O2/c1-21(2)13-18-20-16-9-4-5-10-17(16)22(18)12-14-7-6-8-15(11-14)19(23)24-3/h4-11H,12-13H2,1-3H3. The Morgan fingerprint density at radius 3 is 2.71 bits per heavy atom. The van der Waals surface area contributed by atoms with Gasteiger partial charge in [-0.15, -0.1) is 0 Å². The number of methoxy groups -OCH3 is 1. The van der Waals surface area contributed by atoms with E-state index in [2.05, 4.69) is 15.5 Å². The Kier molecular flexibility index (Phi) is 4.62. The van der Waals surface area contributed by atoms with Crippen LogP contribution in [0.2, 0.25) is 0 Å². The van der Waals surface area contributed by atoms with E-state index in [1.54, 1.807) is 6.07 Å². The van der Waals surface area contributed by atoms with Crippen molar-refractivity contribution in [2.24, 2.45) is 0 Å². The molecule has 0 aliphatic carbocycles. The third kappa shape index (κ3) is 3.31. The molecule has 0 bridgehead atoms. The van der Waals surface area contributed by atoms with Crippen LogP contribution < -0.4 is 0 Å². The number of carbonyl (C=O) groups excluding carboxylic acids is 1. The number of nitrogens with zero attached hydrogens (tertiary/aromatic N) is 3. The van der Waals surface area contributed by atoms with E-state index in [-0.39, 0.29) is 5.97 Å². The van der Waals surface area contributed by atoms with Gasteiger partial charge in [0.25, 0.3) is 0 Å². The molecule has 0 saturated carbocycles. The van der Waals surface area contributed by atoms with E-state index in [0.717, 1.165) is 29.0 Å². The molecule has 2 aromatic carbocycles. The van der Waals surface area contributed by atoms with Crippen molar-refractivity contribution in [2.75, 3.05) is 21.2 Å². The maximum absolute atomic E-state index is 11.7. The van der Waals surface area contributed by atoms with Crippen molar-refractivity contribution in [1.82, 2.24) is 14.5 Å². The Labute approximate surface area is 141 Å². The Balaban J connectivity index is 2.01. The average molecular weight is 323 g/mol. The Morgan fingerprint density at radius 2 is 1.96 bits per heavy atom. The number of esters is 1. The van der Waals surface area contributed by atoms with Crippen LogP contribution in [0.5, 0.6) is 0 Å². The van der Waals surface area contributed by atoms with Crippen LogP contribution in [0.15, 0.2) is 48.5 Å². The monoisotopic (exact) mass is 323 g/mol. The Morgan fingerprint density at radius 1 is 1.17 bits per heavy atom. The third-order valence-corrected chi connectivity index (χ3v) is 3.88. The molecular weight excluding hydrogens is 302 g/mol. The van der Waals surface area contributed by atoms with Gasteiger partial charge >= 0.3 is 5.97 Å². The molecule has 1 heterocycles. The Hall–Kier alpha value is -2.66. The second-order valence-corrected chi connectivity index (χ2v) is 6.03. The van der Waals surface area contributed by atoms with Crippen molar-refractivity contribution in [1.29, 1.82) is 0 Å². The van der Waals surface area contributed by atoms with Gasteiger partial charge < -0.3 is 14.2 Å². The summed E-state index contributed by atoms with van der Waals surface area (Å²) < 4.78 is 7.01. The summed E-state index contributed by atoms with van der Waals surface area (Å²) in [6.07, 6.45) is 0. The smallest absolute Gasteiger partial charge is 0.337 e. The molecule has 0 aliphatic rings. The summed E-state index contributed by atoms with van der Waals surface area (Å²) in [7, 11) is 5.46. The molecule has 3 aromatic rings. The van der Waals surface area contributed by atoms with E-state index < -0.39 is 0 Å². The minimum atomic E-state index is -0.319. The number of hydrogen-bond donors (Lipinski definition) is 0. The predicted molar refractivity (Wildman–Crippen MR) is 94.0 cm³/mol. The SMILES string of the molecule is COC(=O)c1cccc(Cn2c(CN(C)C)nc3ccccc32)c1. The molecule has 5 heteroatoms. The summed E-state index contributed by atoms with van der Waals surface area (Å²) in [6, 6.07) is 15.7. The van der Waals surface area contributed by atoms with Crippen LogP contribution in [0.4, 0.5) is 0 Å². The van der Waals surface area contributed by atoms with Gasteiger partial charge in [-0.3, -0.25) is 0 Å². The van der Waals surface area contributed by atoms with Gasteiger partial charge in [-0.05, 0) is 43.9 Å². The highest BCUT2D eigenvalue weighted by Gasteiger charge is 2.12. The first-order valence-corrected chi connectivity index (χ1v) is 7.84. The molecule has 0 fully saturated rings. The van der Waals surface area contributed by atoms with Crippen molar-refractivity contribution in [2.45, 2.75) is 13.1 Å². The van der Waals surface area contributed by atoms with Crippen molar-refractivity contribution >= 4 is 17.0 Å². The number of benzene rings is 2. The van der Waals surface area contributed by atoms with E-state index >= 15 is 0 Å². The molecule has 5 nitrogen and oxygen atoms in total. The van der Waals surface area contributed by atoms with Gasteiger partial charge in [-0.1, -0.05) is 24.3 Å². The van der Waals surface area contributed by atoms with Gasteiger partial charge in [0.15, 0.2) is 0 Å². The zero-order valence-corrected chi connectivity index (χ0v) is 14.2. The maximum atomic E-state index is 11.7. The van der Waals surface area contributed by atoms with E-state index in [4.69, 9.17) is 9.72 Å².